The summed E-state index contributed by atoms with van der Waals surface area (Å²) in [4.78, 5) is 12.9. The van der Waals surface area contributed by atoms with E-state index >= 15 is 0 Å². The quantitative estimate of drug-likeness (QED) is 0.161. The van der Waals surface area contributed by atoms with Gasteiger partial charge in [-0.15, -0.1) is 0 Å². The molecular weight excluding hydrogens is 506 g/mol. The van der Waals surface area contributed by atoms with Gasteiger partial charge in [-0.05, 0) is 53.5 Å². The molecule has 3 atom stereocenters. The van der Waals surface area contributed by atoms with Gasteiger partial charge in [0.2, 0.25) is 0 Å². The van der Waals surface area contributed by atoms with Crippen molar-refractivity contribution in [1.82, 2.24) is 5.32 Å². The van der Waals surface area contributed by atoms with E-state index in [0.29, 0.717) is 5.57 Å². The van der Waals surface area contributed by atoms with Crippen molar-refractivity contribution in [2.75, 3.05) is 13.2 Å². The number of ether oxygens (including phenoxy) is 1. The first-order valence-electron chi connectivity index (χ1n) is 13.2. The number of nitrogens with one attached hydrogen (secondary N) is 1. The maximum Gasteiger partial charge on any atom is 0.306 e. The van der Waals surface area contributed by atoms with Gasteiger partial charge >= 0.3 is 5.97 Å². The Kier molecular flexibility index (Phi) is 9.33. The predicted octanol–water partition coefficient (Wildman–Crippen LogP) is 6.63. The number of esters is 1. The molecule has 0 amide bonds. The molecule has 5 nitrogen and oxygen atoms in total. The van der Waals surface area contributed by atoms with Crippen molar-refractivity contribution < 1.29 is 17.9 Å². The second-order valence-corrected chi connectivity index (χ2v) is 11.7. The van der Waals surface area contributed by atoms with Gasteiger partial charge in [0, 0.05) is 18.5 Å². The van der Waals surface area contributed by atoms with E-state index in [2.05, 4.69) is 43.1 Å². The number of hydrogen-bond donors (Lipinski definition) is 1. The van der Waals surface area contributed by atoms with Gasteiger partial charge in [-0.1, -0.05) is 97.6 Å². The van der Waals surface area contributed by atoms with Crippen LogP contribution in [0.15, 0.2) is 120 Å². The van der Waals surface area contributed by atoms with E-state index in [9.17, 15) is 13.2 Å². The number of rotatable bonds is 12. The van der Waals surface area contributed by atoms with Crippen LogP contribution in [0.2, 0.25) is 0 Å². The van der Waals surface area contributed by atoms with Gasteiger partial charge in [-0.25, -0.2) is 8.42 Å². The zero-order valence-corrected chi connectivity index (χ0v) is 23.2. The Hall–Kier alpha value is -3.74. The monoisotopic (exact) mass is 541 g/mol. The molecule has 0 heterocycles. The van der Waals surface area contributed by atoms with Crippen molar-refractivity contribution in [3.05, 3.63) is 126 Å². The molecule has 0 aliphatic heterocycles. The van der Waals surface area contributed by atoms with Crippen molar-refractivity contribution in [3.8, 4) is 0 Å². The Morgan fingerprint density at radius 2 is 1.49 bits per heavy atom. The summed E-state index contributed by atoms with van der Waals surface area (Å²) in [5, 5.41) is 4.74. The van der Waals surface area contributed by atoms with Gasteiger partial charge in [-0.3, -0.25) is 4.79 Å². The highest BCUT2D eigenvalue weighted by molar-refractivity contribution is 7.92. The first-order chi connectivity index (χ1) is 18.8. The van der Waals surface area contributed by atoms with Crippen LogP contribution in [0.5, 0.6) is 0 Å². The Morgan fingerprint density at radius 3 is 2.18 bits per heavy atom. The standard InChI is InChI=1S/C33H35NO4S/c1-4-38-32(35)22-31(27-14-7-5-8-15-27)33(39(36,37)28-18-9-6-10-19-28)24(2)23-34-25(3)29-21-13-17-26-16-11-12-20-30(26)29/h5-21,25,31,33-34H,2,4,22-23H2,1,3H3/t25-,31+,33+/m0/s1. The van der Waals surface area contributed by atoms with Gasteiger partial charge in [0.25, 0.3) is 0 Å². The molecule has 0 aliphatic carbocycles. The Bertz CT molecular complexity index is 1510. The lowest BCUT2D eigenvalue weighted by Crippen LogP contribution is -2.36. The molecule has 202 valence electrons. The minimum Gasteiger partial charge on any atom is -0.466 e. The maximum atomic E-state index is 14.2. The molecular formula is C33H35NO4S. The molecule has 0 spiro atoms. The van der Waals surface area contributed by atoms with Gasteiger partial charge in [0.05, 0.1) is 23.2 Å². The largest absolute Gasteiger partial charge is 0.466 e. The second kappa shape index (κ2) is 12.9. The third kappa shape index (κ3) is 6.64. The third-order valence-corrected chi connectivity index (χ3v) is 9.28. The highest BCUT2D eigenvalue weighted by Crippen LogP contribution is 2.36. The van der Waals surface area contributed by atoms with Crippen LogP contribution in [0.4, 0.5) is 0 Å². The Morgan fingerprint density at radius 1 is 0.872 bits per heavy atom. The van der Waals surface area contributed by atoms with E-state index in [1.54, 1.807) is 37.3 Å². The molecule has 6 heteroatoms. The van der Waals surface area contributed by atoms with Crippen LogP contribution < -0.4 is 5.32 Å². The summed E-state index contributed by atoms with van der Waals surface area (Å²) in [6, 6.07) is 32.0. The average Bonchev–Trinajstić information content (AvgIpc) is 2.96. The smallest absolute Gasteiger partial charge is 0.306 e. The van der Waals surface area contributed by atoms with E-state index in [-0.39, 0.29) is 30.5 Å². The fourth-order valence-electron chi connectivity index (χ4n) is 5.10. The summed E-state index contributed by atoms with van der Waals surface area (Å²) in [5.41, 5.74) is 2.36. The summed E-state index contributed by atoms with van der Waals surface area (Å²) in [6.07, 6.45) is -0.0769. The highest BCUT2D eigenvalue weighted by atomic mass is 32.2. The topological polar surface area (TPSA) is 72.5 Å². The third-order valence-electron chi connectivity index (χ3n) is 7.02. The molecule has 4 aromatic rings. The number of fused-ring (bicyclic) bond motifs is 1. The number of sulfone groups is 1. The Balaban J connectivity index is 1.70. The van der Waals surface area contributed by atoms with E-state index in [1.807, 2.05) is 48.5 Å². The van der Waals surface area contributed by atoms with Crippen molar-refractivity contribution in [2.45, 2.75) is 42.4 Å². The van der Waals surface area contributed by atoms with Gasteiger partial charge < -0.3 is 10.1 Å². The molecule has 1 N–H and O–H groups in total. The lowest BCUT2D eigenvalue weighted by Gasteiger charge is -2.30. The van der Waals surface area contributed by atoms with Crippen LogP contribution >= 0.6 is 0 Å². The van der Waals surface area contributed by atoms with Crippen LogP contribution in [0, 0.1) is 0 Å². The van der Waals surface area contributed by atoms with Crippen molar-refractivity contribution in [3.63, 3.8) is 0 Å². The van der Waals surface area contributed by atoms with Crippen LogP contribution in [0.1, 0.15) is 43.4 Å². The zero-order valence-electron chi connectivity index (χ0n) is 22.4. The molecule has 0 fully saturated rings. The molecule has 39 heavy (non-hydrogen) atoms. The maximum absolute atomic E-state index is 14.2. The number of carbonyl (C=O) groups excluding carboxylic acids is 1. The SMILES string of the molecule is C=C(CN[C@@H](C)c1cccc2ccccc12)[C@H]([C@H](CC(=O)OCC)c1ccccc1)S(=O)(=O)c1ccccc1. The molecule has 0 bridgehead atoms. The fourth-order valence-corrected chi connectivity index (χ4v) is 7.14. The van der Waals surface area contributed by atoms with Crippen LogP contribution in [-0.4, -0.2) is 32.8 Å². The molecule has 0 radical (unpaired) electrons. The van der Waals surface area contributed by atoms with Crippen LogP contribution in [0.3, 0.4) is 0 Å². The molecule has 0 aromatic heterocycles. The first-order valence-corrected chi connectivity index (χ1v) is 14.8. The molecule has 0 unspecified atom stereocenters. The number of carbonyl (C=O) groups is 1. The number of hydrogen-bond acceptors (Lipinski definition) is 5. The molecule has 0 saturated carbocycles. The van der Waals surface area contributed by atoms with E-state index in [0.717, 1.165) is 21.9 Å². The zero-order chi connectivity index (χ0) is 27.8. The van der Waals surface area contributed by atoms with Crippen molar-refractivity contribution >= 4 is 26.6 Å². The predicted molar refractivity (Wildman–Crippen MR) is 157 cm³/mol. The van der Waals surface area contributed by atoms with Crippen molar-refractivity contribution in [2.24, 2.45) is 0 Å². The van der Waals surface area contributed by atoms with Crippen LogP contribution in [-0.2, 0) is 19.4 Å². The average molecular weight is 542 g/mol. The lowest BCUT2D eigenvalue weighted by molar-refractivity contribution is -0.143. The number of benzene rings is 4. The summed E-state index contributed by atoms with van der Waals surface area (Å²) >= 11 is 0. The highest BCUT2D eigenvalue weighted by Gasteiger charge is 2.39. The lowest BCUT2D eigenvalue weighted by atomic mass is 9.88. The minimum atomic E-state index is -3.90. The van der Waals surface area contributed by atoms with Gasteiger partial charge in [-0.2, -0.15) is 0 Å². The summed E-state index contributed by atoms with van der Waals surface area (Å²) in [5.74, 6) is -1.11. The van der Waals surface area contributed by atoms with Gasteiger partial charge in [0.15, 0.2) is 9.84 Å². The normalized spacial score (nSPS) is 13.9. The Labute approximate surface area is 231 Å². The summed E-state index contributed by atoms with van der Waals surface area (Å²) in [7, 11) is -3.90. The minimum absolute atomic E-state index is 0.0619. The molecule has 4 rings (SSSR count). The van der Waals surface area contributed by atoms with E-state index in [1.165, 1.54) is 0 Å². The van der Waals surface area contributed by atoms with Gasteiger partial charge in [0.1, 0.15) is 0 Å². The van der Waals surface area contributed by atoms with E-state index < -0.39 is 27.0 Å². The molecule has 0 saturated heterocycles. The molecule has 4 aromatic carbocycles. The first kappa shape index (κ1) is 28.3. The second-order valence-electron chi connectivity index (χ2n) is 9.63. The van der Waals surface area contributed by atoms with E-state index in [4.69, 9.17) is 4.74 Å². The van der Waals surface area contributed by atoms with Crippen molar-refractivity contribution in [1.29, 1.82) is 0 Å². The molecule has 0 aliphatic rings. The van der Waals surface area contributed by atoms with Crippen LogP contribution in [0.25, 0.3) is 10.8 Å². The fraction of sp³-hybridized carbons (Fsp3) is 0.242. The summed E-state index contributed by atoms with van der Waals surface area (Å²) < 4.78 is 33.6. The summed E-state index contributed by atoms with van der Waals surface area (Å²) in [6.45, 7) is 8.56.